The molecule has 13 heteroatoms. The van der Waals surface area contributed by atoms with E-state index in [1.165, 1.54) is 0 Å². The van der Waals surface area contributed by atoms with E-state index in [2.05, 4.69) is 55.3 Å². The Labute approximate surface area is 370 Å². The normalized spacial score (nSPS) is 13.7. The van der Waals surface area contributed by atoms with E-state index in [1.54, 1.807) is 51.9 Å². The van der Waals surface area contributed by atoms with Gasteiger partial charge in [0.1, 0.15) is 0 Å². The number of likely N-dealkylation sites (tertiary alicyclic amines) is 1. The smallest absolute Gasteiger partial charge is 0.257 e. The minimum Gasteiger partial charge on any atom is -0.350 e. The highest BCUT2D eigenvalue weighted by Gasteiger charge is 2.28. The van der Waals surface area contributed by atoms with Gasteiger partial charge in [-0.15, -0.1) is 0 Å². The Morgan fingerprint density at radius 1 is 0.594 bits per heavy atom. The summed E-state index contributed by atoms with van der Waals surface area (Å²) in [6.07, 6.45) is 8.64. The SMILES string of the molecule is O=C(NCc1ccn2ncc(C(=O)NCCN(c3ccccc3)c3ccc(C4CCCN(C(=O)c5cnn6ccc(CNC(=O)c7ccccc7)cc56)C4)cc3)c2c1)c1ccccc1. The van der Waals surface area contributed by atoms with Crippen LogP contribution in [0.1, 0.15) is 76.9 Å². The lowest BCUT2D eigenvalue weighted by Gasteiger charge is -2.33. The lowest BCUT2D eigenvalue weighted by atomic mass is 9.90. The molecule has 4 aromatic heterocycles. The van der Waals surface area contributed by atoms with Crippen molar-refractivity contribution in [2.45, 2.75) is 31.8 Å². The van der Waals surface area contributed by atoms with E-state index in [0.29, 0.717) is 72.6 Å². The van der Waals surface area contributed by atoms with E-state index < -0.39 is 0 Å². The van der Waals surface area contributed by atoms with Crippen molar-refractivity contribution in [2.75, 3.05) is 31.1 Å². The minimum atomic E-state index is -0.239. The number of amides is 4. The number of piperidine rings is 1. The molecule has 0 bridgehead atoms. The van der Waals surface area contributed by atoms with Crippen LogP contribution in [0.4, 0.5) is 11.4 Å². The van der Waals surface area contributed by atoms with Gasteiger partial charge >= 0.3 is 0 Å². The number of nitrogens with zero attached hydrogens (tertiary/aromatic N) is 6. The summed E-state index contributed by atoms with van der Waals surface area (Å²) in [6.45, 7) is 2.76. The van der Waals surface area contributed by atoms with Crippen LogP contribution in [-0.2, 0) is 13.1 Å². The van der Waals surface area contributed by atoms with Gasteiger partial charge in [0.15, 0.2) is 0 Å². The number of fused-ring (bicyclic) bond motifs is 2. The van der Waals surface area contributed by atoms with Crippen LogP contribution in [0, 0.1) is 0 Å². The average molecular weight is 850 g/mol. The van der Waals surface area contributed by atoms with Crippen molar-refractivity contribution < 1.29 is 19.2 Å². The molecule has 1 unspecified atom stereocenters. The van der Waals surface area contributed by atoms with E-state index >= 15 is 0 Å². The molecule has 0 radical (unpaired) electrons. The third-order valence-electron chi connectivity index (χ3n) is 11.7. The summed E-state index contributed by atoms with van der Waals surface area (Å²) in [5.41, 5.74) is 8.36. The van der Waals surface area contributed by atoms with Gasteiger partial charge in [-0.25, -0.2) is 9.03 Å². The maximum Gasteiger partial charge on any atom is 0.257 e. The molecule has 320 valence electrons. The zero-order valence-electron chi connectivity index (χ0n) is 35.1. The monoisotopic (exact) mass is 849 g/mol. The van der Waals surface area contributed by atoms with E-state index in [4.69, 9.17) is 0 Å². The third kappa shape index (κ3) is 9.24. The first kappa shape index (κ1) is 41.3. The largest absolute Gasteiger partial charge is 0.350 e. The molecule has 4 amide bonds. The van der Waals surface area contributed by atoms with E-state index in [0.717, 1.165) is 40.9 Å². The number of benzene rings is 4. The number of anilines is 2. The molecule has 0 saturated carbocycles. The minimum absolute atomic E-state index is 0.0593. The van der Waals surface area contributed by atoms with Crippen LogP contribution in [0.5, 0.6) is 0 Å². The topological polar surface area (TPSA) is 145 Å². The van der Waals surface area contributed by atoms with Gasteiger partial charge in [-0.1, -0.05) is 66.7 Å². The molecule has 1 aliphatic heterocycles. The molecule has 5 heterocycles. The van der Waals surface area contributed by atoms with E-state index in [9.17, 15) is 19.2 Å². The van der Waals surface area contributed by atoms with Gasteiger partial charge in [0.2, 0.25) is 0 Å². The summed E-state index contributed by atoms with van der Waals surface area (Å²) in [7, 11) is 0. The number of aromatic nitrogens is 4. The Bertz CT molecular complexity index is 2920. The number of pyridine rings is 2. The molecule has 3 N–H and O–H groups in total. The highest BCUT2D eigenvalue weighted by atomic mass is 16.2. The van der Waals surface area contributed by atoms with Gasteiger partial charge in [0.25, 0.3) is 23.6 Å². The molecule has 4 aromatic carbocycles. The summed E-state index contributed by atoms with van der Waals surface area (Å²) in [5, 5.41) is 17.9. The van der Waals surface area contributed by atoms with Gasteiger partial charge in [-0.3, -0.25) is 19.2 Å². The molecular weight excluding hydrogens is 803 g/mol. The van der Waals surface area contributed by atoms with Crippen molar-refractivity contribution in [1.82, 2.24) is 40.1 Å². The molecule has 9 rings (SSSR count). The first-order valence-electron chi connectivity index (χ1n) is 21.5. The Kier molecular flexibility index (Phi) is 12.2. The highest BCUT2D eigenvalue weighted by Crippen LogP contribution is 2.32. The van der Waals surface area contributed by atoms with Crippen molar-refractivity contribution in [1.29, 1.82) is 0 Å². The molecule has 13 nitrogen and oxygen atoms in total. The molecular formula is C51H47N9O4. The van der Waals surface area contributed by atoms with E-state index in [-0.39, 0.29) is 29.5 Å². The standard InChI is InChI=1S/C51H47N9O4/c61-48(39-11-4-1-5-12-39)53-31-36-22-26-59-46(29-36)44(33-55-59)50(63)52-24-28-58(42-16-8-3-9-17-42)43-20-18-38(19-21-43)41-15-10-25-57(35-41)51(64)45-34-56-60-27-23-37(30-47(45)60)32-54-49(62)40-13-6-2-7-14-40/h1-9,11-14,16-23,26-27,29-30,33-34,41H,10,15,24-25,28,31-32,35H2,(H,52,63)(H,53,61)(H,54,62). The van der Waals surface area contributed by atoms with Crippen molar-refractivity contribution in [3.8, 4) is 0 Å². The second-order valence-corrected chi connectivity index (χ2v) is 15.9. The maximum absolute atomic E-state index is 14.1. The molecule has 0 aliphatic carbocycles. The van der Waals surface area contributed by atoms with Crippen LogP contribution in [0.3, 0.4) is 0 Å². The van der Waals surface area contributed by atoms with Crippen LogP contribution >= 0.6 is 0 Å². The van der Waals surface area contributed by atoms with Crippen LogP contribution in [0.15, 0.2) is 164 Å². The third-order valence-corrected chi connectivity index (χ3v) is 11.7. The van der Waals surface area contributed by atoms with Crippen LogP contribution in [0.25, 0.3) is 11.0 Å². The fourth-order valence-corrected chi connectivity index (χ4v) is 8.28. The molecule has 1 saturated heterocycles. The predicted molar refractivity (Wildman–Crippen MR) is 246 cm³/mol. The van der Waals surface area contributed by atoms with Crippen LogP contribution < -0.4 is 20.9 Å². The molecule has 0 spiro atoms. The Morgan fingerprint density at radius 3 is 1.72 bits per heavy atom. The van der Waals surface area contributed by atoms with Crippen molar-refractivity contribution in [3.05, 3.63) is 203 Å². The van der Waals surface area contributed by atoms with Crippen molar-refractivity contribution in [3.63, 3.8) is 0 Å². The van der Waals surface area contributed by atoms with Crippen molar-refractivity contribution in [2.24, 2.45) is 0 Å². The first-order chi connectivity index (χ1) is 31.4. The Hall–Kier alpha value is -8.06. The summed E-state index contributed by atoms with van der Waals surface area (Å²) in [5.74, 6) is -0.464. The zero-order chi connectivity index (χ0) is 43.8. The summed E-state index contributed by atoms with van der Waals surface area (Å²) >= 11 is 0. The fraction of sp³-hybridized carbons (Fsp3) is 0.176. The van der Waals surface area contributed by atoms with Crippen molar-refractivity contribution >= 4 is 46.0 Å². The van der Waals surface area contributed by atoms with Gasteiger partial charge in [-0.05, 0) is 102 Å². The lowest BCUT2D eigenvalue weighted by molar-refractivity contribution is 0.0708. The van der Waals surface area contributed by atoms with E-state index in [1.807, 2.05) is 102 Å². The summed E-state index contributed by atoms with van der Waals surface area (Å²) in [6, 6.07) is 44.3. The predicted octanol–water partition coefficient (Wildman–Crippen LogP) is 7.43. The van der Waals surface area contributed by atoms with Crippen LogP contribution in [-0.4, -0.2) is 73.9 Å². The average Bonchev–Trinajstić information content (AvgIpc) is 3.99. The first-order valence-corrected chi connectivity index (χ1v) is 21.5. The molecule has 1 atom stereocenters. The zero-order valence-corrected chi connectivity index (χ0v) is 35.1. The van der Waals surface area contributed by atoms with Gasteiger partial charge in [0, 0.05) is 80.1 Å². The molecule has 1 aliphatic rings. The number of hydrogen-bond acceptors (Lipinski definition) is 7. The Balaban J connectivity index is 0.833. The molecule has 8 aromatic rings. The van der Waals surface area contributed by atoms with Gasteiger partial charge in [-0.2, -0.15) is 10.2 Å². The second kappa shape index (κ2) is 18.9. The quantitative estimate of drug-likeness (QED) is 0.103. The number of nitrogens with one attached hydrogen (secondary N) is 3. The molecule has 1 fully saturated rings. The number of rotatable bonds is 14. The maximum atomic E-state index is 14.1. The number of hydrogen-bond donors (Lipinski definition) is 3. The van der Waals surface area contributed by atoms with Gasteiger partial charge < -0.3 is 25.8 Å². The highest BCUT2D eigenvalue weighted by molar-refractivity contribution is 6.01. The fourth-order valence-electron chi connectivity index (χ4n) is 8.28. The van der Waals surface area contributed by atoms with Crippen LogP contribution in [0.2, 0.25) is 0 Å². The number of para-hydroxylation sites is 1. The Morgan fingerprint density at radius 2 is 1.12 bits per heavy atom. The summed E-state index contributed by atoms with van der Waals surface area (Å²) in [4.78, 5) is 57.0. The number of carbonyl (C=O) groups is 4. The molecule has 64 heavy (non-hydrogen) atoms. The number of carbonyl (C=O) groups excluding carboxylic acids is 4. The summed E-state index contributed by atoms with van der Waals surface area (Å²) < 4.78 is 3.36. The lowest BCUT2D eigenvalue weighted by Crippen LogP contribution is -2.39. The van der Waals surface area contributed by atoms with Gasteiger partial charge in [0.05, 0.1) is 34.6 Å². The second-order valence-electron chi connectivity index (χ2n) is 15.9.